The summed E-state index contributed by atoms with van der Waals surface area (Å²) in [5, 5.41) is 3.43. The molecule has 0 spiro atoms. The van der Waals surface area contributed by atoms with Crippen molar-refractivity contribution in [2.75, 3.05) is 6.54 Å². The number of nitrogens with one attached hydrogen (secondary N) is 1. The fourth-order valence-electron chi connectivity index (χ4n) is 1.39. The van der Waals surface area contributed by atoms with E-state index in [1.807, 2.05) is 12.1 Å². The molecule has 0 aromatic heterocycles. The SMILES string of the molecule is C=CC(NCCC)c1cc(Br)cc(Br)c1. The molecule has 82 valence electrons. The van der Waals surface area contributed by atoms with Crippen molar-refractivity contribution in [3.8, 4) is 0 Å². The smallest absolute Gasteiger partial charge is 0.0504 e. The van der Waals surface area contributed by atoms with Gasteiger partial charge in [0.1, 0.15) is 0 Å². The zero-order valence-corrected chi connectivity index (χ0v) is 11.9. The fraction of sp³-hybridized carbons (Fsp3) is 0.333. The van der Waals surface area contributed by atoms with Gasteiger partial charge in [-0.1, -0.05) is 44.9 Å². The van der Waals surface area contributed by atoms with Crippen LogP contribution in [0.4, 0.5) is 0 Å². The van der Waals surface area contributed by atoms with E-state index in [1.54, 1.807) is 0 Å². The molecule has 1 unspecified atom stereocenters. The van der Waals surface area contributed by atoms with Gasteiger partial charge in [0.05, 0.1) is 6.04 Å². The Labute approximate surface area is 108 Å². The van der Waals surface area contributed by atoms with Gasteiger partial charge in [0.25, 0.3) is 0 Å². The lowest BCUT2D eigenvalue weighted by atomic mass is 10.1. The highest BCUT2D eigenvalue weighted by Crippen LogP contribution is 2.24. The van der Waals surface area contributed by atoms with Crippen molar-refractivity contribution in [2.24, 2.45) is 0 Å². The number of benzene rings is 1. The lowest BCUT2D eigenvalue weighted by molar-refractivity contribution is 0.613. The summed E-state index contributed by atoms with van der Waals surface area (Å²) in [4.78, 5) is 0. The summed E-state index contributed by atoms with van der Waals surface area (Å²) < 4.78 is 2.16. The molecule has 0 radical (unpaired) electrons. The average Bonchev–Trinajstić information content (AvgIpc) is 2.17. The van der Waals surface area contributed by atoms with E-state index in [9.17, 15) is 0 Å². The number of hydrogen-bond donors (Lipinski definition) is 1. The van der Waals surface area contributed by atoms with E-state index in [0.717, 1.165) is 21.9 Å². The van der Waals surface area contributed by atoms with Crippen molar-refractivity contribution < 1.29 is 0 Å². The Balaban J connectivity index is 2.86. The third kappa shape index (κ3) is 4.09. The molecule has 1 nitrogen and oxygen atoms in total. The first kappa shape index (κ1) is 12.9. The molecule has 0 amide bonds. The molecule has 15 heavy (non-hydrogen) atoms. The molecule has 0 aliphatic rings. The van der Waals surface area contributed by atoms with Crippen molar-refractivity contribution in [1.29, 1.82) is 0 Å². The van der Waals surface area contributed by atoms with Crippen LogP contribution in [0.25, 0.3) is 0 Å². The summed E-state index contributed by atoms with van der Waals surface area (Å²) in [6.07, 6.45) is 3.06. The second-order valence-electron chi connectivity index (χ2n) is 3.37. The van der Waals surface area contributed by atoms with Crippen LogP contribution in [-0.2, 0) is 0 Å². The molecule has 3 heteroatoms. The van der Waals surface area contributed by atoms with E-state index in [0.29, 0.717) is 0 Å². The molecule has 0 saturated carbocycles. The first-order chi connectivity index (χ1) is 7.17. The van der Waals surface area contributed by atoms with Gasteiger partial charge in [0, 0.05) is 8.95 Å². The summed E-state index contributed by atoms with van der Waals surface area (Å²) in [5.74, 6) is 0. The van der Waals surface area contributed by atoms with Gasteiger partial charge in [-0.2, -0.15) is 0 Å². The molecule has 0 bridgehead atoms. The van der Waals surface area contributed by atoms with E-state index >= 15 is 0 Å². The molecule has 0 aliphatic heterocycles. The molecule has 0 aliphatic carbocycles. The highest BCUT2D eigenvalue weighted by molar-refractivity contribution is 9.11. The van der Waals surface area contributed by atoms with E-state index in [4.69, 9.17) is 0 Å². The van der Waals surface area contributed by atoms with Crippen LogP contribution in [0.2, 0.25) is 0 Å². The summed E-state index contributed by atoms with van der Waals surface area (Å²) in [6.45, 7) is 7.01. The normalized spacial score (nSPS) is 12.5. The first-order valence-electron chi connectivity index (χ1n) is 4.99. The van der Waals surface area contributed by atoms with Gasteiger partial charge in [0.15, 0.2) is 0 Å². The Hall–Kier alpha value is -0.120. The van der Waals surface area contributed by atoms with Crippen molar-refractivity contribution in [3.05, 3.63) is 45.4 Å². The Morgan fingerprint density at radius 2 is 1.93 bits per heavy atom. The van der Waals surface area contributed by atoms with Crippen molar-refractivity contribution in [3.63, 3.8) is 0 Å². The van der Waals surface area contributed by atoms with Gasteiger partial charge in [0.2, 0.25) is 0 Å². The number of halogens is 2. The molecule has 1 N–H and O–H groups in total. The van der Waals surface area contributed by atoms with Gasteiger partial charge in [-0.25, -0.2) is 0 Å². The molecule has 1 aromatic rings. The molecule has 0 saturated heterocycles. The van der Waals surface area contributed by atoms with Crippen LogP contribution in [0.3, 0.4) is 0 Å². The predicted octanol–water partition coefficient (Wildman–Crippen LogP) is 4.44. The lowest BCUT2D eigenvalue weighted by Gasteiger charge is -2.15. The third-order valence-electron chi connectivity index (χ3n) is 2.09. The van der Waals surface area contributed by atoms with Gasteiger partial charge in [-0.3, -0.25) is 0 Å². The molecule has 1 atom stereocenters. The highest BCUT2D eigenvalue weighted by Gasteiger charge is 2.07. The van der Waals surface area contributed by atoms with E-state index in [2.05, 4.69) is 62.8 Å². The van der Waals surface area contributed by atoms with Gasteiger partial charge in [-0.15, -0.1) is 6.58 Å². The monoisotopic (exact) mass is 331 g/mol. The Morgan fingerprint density at radius 3 is 2.40 bits per heavy atom. The van der Waals surface area contributed by atoms with Gasteiger partial charge < -0.3 is 5.32 Å². The third-order valence-corrected chi connectivity index (χ3v) is 3.01. The van der Waals surface area contributed by atoms with Crippen LogP contribution in [0, 0.1) is 0 Å². The van der Waals surface area contributed by atoms with Crippen LogP contribution >= 0.6 is 31.9 Å². The quantitative estimate of drug-likeness (QED) is 0.786. The van der Waals surface area contributed by atoms with Crippen LogP contribution in [0.15, 0.2) is 39.8 Å². The first-order valence-corrected chi connectivity index (χ1v) is 6.58. The van der Waals surface area contributed by atoms with E-state index < -0.39 is 0 Å². The minimum atomic E-state index is 0.221. The zero-order chi connectivity index (χ0) is 11.3. The minimum absolute atomic E-state index is 0.221. The molecular formula is C12H15Br2N. The minimum Gasteiger partial charge on any atom is -0.307 e. The number of hydrogen-bond acceptors (Lipinski definition) is 1. The number of rotatable bonds is 5. The standard InChI is InChI=1S/C12H15Br2N/c1-3-5-15-12(4-2)9-6-10(13)8-11(14)7-9/h4,6-8,12,15H,2-3,5H2,1H3. The fourth-order valence-corrected chi connectivity index (χ4v) is 2.72. The second-order valence-corrected chi connectivity index (χ2v) is 5.20. The zero-order valence-electron chi connectivity index (χ0n) is 8.76. The van der Waals surface area contributed by atoms with Gasteiger partial charge >= 0.3 is 0 Å². The average molecular weight is 333 g/mol. The maximum absolute atomic E-state index is 3.86. The van der Waals surface area contributed by atoms with Crippen LogP contribution in [-0.4, -0.2) is 6.54 Å². The Kier molecular flexibility index (Phi) is 5.58. The van der Waals surface area contributed by atoms with Crippen LogP contribution in [0.1, 0.15) is 24.9 Å². The maximum Gasteiger partial charge on any atom is 0.0504 e. The lowest BCUT2D eigenvalue weighted by Crippen LogP contribution is -2.20. The van der Waals surface area contributed by atoms with Crippen molar-refractivity contribution >= 4 is 31.9 Å². The summed E-state index contributed by atoms with van der Waals surface area (Å²) >= 11 is 6.97. The summed E-state index contributed by atoms with van der Waals surface area (Å²) in [5.41, 5.74) is 1.22. The Bertz CT molecular complexity index is 316. The highest BCUT2D eigenvalue weighted by atomic mass is 79.9. The molecule has 1 rings (SSSR count). The van der Waals surface area contributed by atoms with E-state index in [-0.39, 0.29) is 6.04 Å². The van der Waals surface area contributed by atoms with Crippen LogP contribution in [0.5, 0.6) is 0 Å². The molecular weight excluding hydrogens is 318 g/mol. The topological polar surface area (TPSA) is 12.0 Å². The van der Waals surface area contributed by atoms with Crippen molar-refractivity contribution in [1.82, 2.24) is 5.32 Å². The summed E-state index contributed by atoms with van der Waals surface area (Å²) in [7, 11) is 0. The summed E-state index contributed by atoms with van der Waals surface area (Å²) in [6, 6.07) is 6.47. The second kappa shape index (κ2) is 6.46. The van der Waals surface area contributed by atoms with Crippen LogP contribution < -0.4 is 5.32 Å². The van der Waals surface area contributed by atoms with Gasteiger partial charge in [-0.05, 0) is 36.7 Å². The molecule has 0 heterocycles. The molecule has 0 fully saturated rings. The Morgan fingerprint density at radius 1 is 1.33 bits per heavy atom. The van der Waals surface area contributed by atoms with E-state index in [1.165, 1.54) is 5.56 Å². The van der Waals surface area contributed by atoms with Crippen molar-refractivity contribution in [2.45, 2.75) is 19.4 Å². The largest absolute Gasteiger partial charge is 0.307 e. The maximum atomic E-state index is 3.86. The molecule has 1 aromatic carbocycles. The predicted molar refractivity (Wildman–Crippen MR) is 73.1 cm³/mol.